The number of nitrogens with one attached hydrogen (secondary N) is 1. The predicted molar refractivity (Wildman–Crippen MR) is 103 cm³/mol. The molecule has 0 unspecified atom stereocenters. The van der Waals surface area contributed by atoms with Crippen LogP contribution in [-0.4, -0.2) is 21.5 Å². The van der Waals surface area contributed by atoms with Gasteiger partial charge in [0.15, 0.2) is 0 Å². The van der Waals surface area contributed by atoms with E-state index >= 15 is 0 Å². The molecule has 0 spiro atoms. The minimum atomic E-state index is -0.655. The van der Waals surface area contributed by atoms with E-state index in [1.54, 1.807) is 36.4 Å². The van der Waals surface area contributed by atoms with Crippen LogP contribution in [0.15, 0.2) is 57.8 Å². The summed E-state index contributed by atoms with van der Waals surface area (Å²) >= 11 is 3.42. The number of pyridine rings is 1. The van der Waals surface area contributed by atoms with Gasteiger partial charge in [-0.15, -0.1) is 0 Å². The molecule has 4 N–H and O–H groups in total. The van der Waals surface area contributed by atoms with Gasteiger partial charge in [0.1, 0.15) is 11.6 Å². The molecular formula is C19H12BrN3O4. The maximum absolute atomic E-state index is 12.8. The van der Waals surface area contributed by atoms with Crippen LogP contribution in [0.1, 0.15) is 20.7 Å². The minimum Gasteiger partial charge on any atom is -0.507 e. The molecule has 0 aliphatic carbocycles. The summed E-state index contributed by atoms with van der Waals surface area (Å²) < 4.78 is 1.69. The number of phenolic OH excluding ortho intramolecular Hbond substituents is 1. The summed E-state index contributed by atoms with van der Waals surface area (Å²) in [5, 5.41) is 12.4. The van der Waals surface area contributed by atoms with E-state index < -0.39 is 17.4 Å². The van der Waals surface area contributed by atoms with E-state index in [0.717, 1.165) is 10.6 Å². The average molecular weight is 426 g/mol. The summed E-state index contributed by atoms with van der Waals surface area (Å²) in [5.74, 6) is -1.43. The largest absolute Gasteiger partial charge is 0.507 e. The number of nitrogens with zero attached hydrogens (tertiary/aromatic N) is 1. The topological polar surface area (TPSA) is 114 Å². The summed E-state index contributed by atoms with van der Waals surface area (Å²) in [6.45, 7) is 0. The Morgan fingerprint density at radius 1 is 0.926 bits per heavy atom. The van der Waals surface area contributed by atoms with E-state index in [0.29, 0.717) is 21.3 Å². The van der Waals surface area contributed by atoms with E-state index in [2.05, 4.69) is 21.2 Å². The molecule has 0 saturated heterocycles. The van der Waals surface area contributed by atoms with E-state index in [9.17, 15) is 19.5 Å². The zero-order valence-electron chi connectivity index (χ0n) is 13.7. The second-order valence-corrected chi connectivity index (χ2v) is 6.78. The number of aromatic nitrogens is 1. The van der Waals surface area contributed by atoms with Crippen molar-refractivity contribution in [3.05, 3.63) is 74.5 Å². The van der Waals surface area contributed by atoms with Crippen molar-refractivity contribution < 1.29 is 14.7 Å². The molecule has 2 amide bonds. The Hall–Kier alpha value is -3.39. The fraction of sp³-hybridized carbons (Fsp3) is 0. The molecule has 7 nitrogen and oxygen atoms in total. The Morgan fingerprint density at radius 3 is 2.37 bits per heavy atom. The number of carbonyl (C=O) groups excluding carboxylic acids is 2. The van der Waals surface area contributed by atoms with Gasteiger partial charge in [-0.1, -0.05) is 30.3 Å². The number of fused-ring (bicyclic) bond motifs is 1. The molecular weight excluding hydrogens is 414 g/mol. The van der Waals surface area contributed by atoms with Crippen molar-refractivity contribution in [1.82, 2.24) is 9.88 Å². The molecule has 1 aromatic heterocycles. The fourth-order valence-electron chi connectivity index (χ4n) is 3.17. The number of phenols is 1. The number of aromatic hydroxyl groups is 1. The third-order valence-electron chi connectivity index (χ3n) is 4.36. The van der Waals surface area contributed by atoms with Gasteiger partial charge >= 0.3 is 0 Å². The lowest BCUT2D eigenvalue weighted by atomic mass is 10.0. The number of hydrogen-bond acceptors (Lipinski definition) is 5. The molecule has 0 radical (unpaired) electrons. The molecule has 2 aromatic carbocycles. The van der Waals surface area contributed by atoms with Gasteiger partial charge < -0.3 is 10.8 Å². The van der Waals surface area contributed by atoms with Crippen LogP contribution < -0.4 is 16.6 Å². The first-order valence-corrected chi connectivity index (χ1v) is 8.68. The summed E-state index contributed by atoms with van der Waals surface area (Å²) in [7, 11) is 0. The molecule has 0 saturated carbocycles. The van der Waals surface area contributed by atoms with Crippen LogP contribution in [-0.2, 0) is 0 Å². The van der Waals surface area contributed by atoms with Crippen LogP contribution in [0, 0.1) is 0 Å². The van der Waals surface area contributed by atoms with E-state index in [-0.39, 0.29) is 22.7 Å². The Kier molecular flexibility index (Phi) is 3.85. The third kappa shape index (κ3) is 2.53. The maximum atomic E-state index is 12.8. The highest BCUT2D eigenvalue weighted by molar-refractivity contribution is 9.10. The van der Waals surface area contributed by atoms with E-state index in [4.69, 9.17) is 5.73 Å². The smallest absolute Gasteiger partial charge is 0.262 e. The van der Waals surface area contributed by atoms with Crippen molar-refractivity contribution in [2.24, 2.45) is 0 Å². The first-order valence-electron chi connectivity index (χ1n) is 7.88. The number of carbonyl (C=O) groups is 2. The number of para-hydroxylation sites is 2. The SMILES string of the molecule is Nc1c2c(cc(=O)n1-c1c(Br)cccc1-c1ccccc1O)C(=O)NC2=O. The summed E-state index contributed by atoms with van der Waals surface area (Å²) in [5.41, 5.74) is 6.86. The molecule has 0 atom stereocenters. The molecule has 8 heteroatoms. The summed E-state index contributed by atoms with van der Waals surface area (Å²) in [4.78, 5) is 36.7. The number of halogens is 1. The molecule has 0 bridgehead atoms. The Morgan fingerprint density at radius 2 is 1.63 bits per heavy atom. The number of hydrogen-bond donors (Lipinski definition) is 3. The van der Waals surface area contributed by atoms with Gasteiger partial charge in [0.2, 0.25) is 0 Å². The van der Waals surface area contributed by atoms with Crippen molar-refractivity contribution in [2.45, 2.75) is 0 Å². The number of nitrogen functional groups attached to an aromatic ring is 1. The number of rotatable bonds is 2. The Balaban J connectivity index is 2.09. The van der Waals surface area contributed by atoms with Gasteiger partial charge in [-0.25, -0.2) is 0 Å². The summed E-state index contributed by atoms with van der Waals surface area (Å²) in [6.07, 6.45) is 0. The first kappa shape index (κ1) is 17.0. The fourth-order valence-corrected chi connectivity index (χ4v) is 3.71. The highest BCUT2D eigenvalue weighted by atomic mass is 79.9. The lowest BCUT2D eigenvalue weighted by Crippen LogP contribution is -2.24. The quantitative estimate of drug-likeness (QED) is 0.545. The lowest BCUT2D eigenvalue weighted by molar-refractivity contribution is 0.0880. The number of amides is 2. The number of imide groups is 1. The van der Waals surface area contributed by atoms with Crippen molar-refractivity contribution in [3.8, 4) is 22.6 Å². The first-order chi connectivity index (χ1) is 12.9. The number of anilines is 1. The minimum absolute atomic E-state index is 0.0255. The van der Waals surface area contributed by atoms with Crippen LogP contribution >= 0.6 is 15.9 Å². The monoisotopic (exact) mass is 425 g/mol. The number of nitrogens with two attached hydrogens (primary N) is 1. The van der Waals surface area contributed by atoms with Crippen LogP contribution in [0.25, 0.3) is 16.8 Å². The van der Waals surface area contributed by atoms with E-state index in [1.807, 2.05) is 0 Å². The average Bonchev–Trinajstić information content (AvgIpc) is 2.90. The van der Waals surface area contributed by atoms with Crippen LogP contribution in [0.5, 0.6) is 5.75 Å². The van der Waals surface area contributed by atoms with E-state index in [1.165, 1.54) is 6.07 Å². The highest BCUT2D eigenvalue weighted by Crippen LogP contribution is 2.38. The van der Waals surface area contributed by atoms with Gasteiger partial charge in [0.05, 0.1) is 16.8 Å². The zero-order chi connectivity index (χ0) is 19.3. The van der Waals surface area contributed by atoms with Gasteiger partial charge in [0.25, 0.3) is 17.4 Å². The molecule has 2 heterocycles. The predicted octanol–water partition coefficient (Wildman–Crippen LogP) is 2.44. The van der Waals surface area contributed by atoms with Crippen molar-refractivity contribution >= 4 is 33.6 Å². The molecule has 1 aliphatic heterocycles. The van der Waals surface area contributed by atoms with Gasteiger partial charge in [-0.2, -0.15) is 0 Å². The van der Waals surface area contributed by atoms with Crippen molar-refractivity contribution in [2.75, 3.05) is 5.73 Å². The summed E-state index contributed by atoms with van der Waals surface area (Å²) in [6, 6.07) is 12.9. The molecule has 3 aromatic rings. The second-order valence-electron chi connectivity index (χ2n) is 5.93. The van der Waals surface area contributed by atoms with Gasteiger partial charge in [-0.3, -0.25) is 24.3 Å². The van der Waals surface area contributed by atoms with Crippen LogP contribution in [0.4, 0.5) is 5.82 Å². The Labute approximate surface area is 161 Å². The molecule has 1 aliphatic rings. The third-order valence-corrected chi connectivity index (χ3v) is 5.00. The van der Waals surface area contributed by atoms with Crippen LogP contribution in [0.3, 0.4) is 0 Å². The molecule has 0 fully saturated rings. The van der Waals surface area contributed by atoms with Crippen molar-refractivity contribution in [1.29, 1.82) is 0 Å². The molecule has 134 valence electrons. The standard InChI is InChI=1S/C19H12BrN3O4/c20-12-6-3-5-10(9-4-1-2-7-13(9)24)16(12)23-14(25)8-11-15(17(23)21)19(27)22-18(11)26/h1-8,24H,21H2,(H,22,26,27). The van der Waals surface area contributed by atoms with Gasteiger partial charge in [0, 0.05) is 21.7 Å². The highest BCUT2D eigenvalue weighted by Gasteiger charge is 2.32. The molecule has 4 rings (SSSR count). The zero-order valence-corrected chi connectivity index (χ0v) is 15.3. The van der Waals surface area contributed by atoms with Crippen molar-refractivity contribution in [3.63, 3.8) is 0 Å². The normalized spacial score (nSPS) is 12.8. The Bertz CT molecular complexity index is 1200. The molecule has 27 heavy (non-hydrogen) atoms. The lowest BCUT2D eigenvalue weighted by Gasteiger charge is -2.18. The van der Waals surface area contributed by atoms with Crippen LogP contribution in [0.2, 0.25) is 0 Å². The second kappa shape index (κ2) is 6.10. The number of benzene rings is 2. The van der Waals surface area contributed by atoms with Gasteiger partial charge in [-0.05, 0) is 28.1 Å². The maximum Gasteiger partial charge on any atom is 0.262 e.